The predicted molar refractivity (Wildman–Crippen MR) is 72.1 cm³/mol. The number of nitrogens with one attached hydrogen (secondary N) is 1. The van der Waals surface area contributed by atoms with E-state index in [9.17, 15) is 4.57 Å². The fourth-order valence-corrected chi connectivity index (χ4v) is 5.55. The zero-order chi connectivity index (χ0) is 12.5. The van der Waals surface area contributed by atoms with E-state index in [1.54, 1.807) is 0 Å². The molecule has 0 aromatic carbocycles. The zero-order valence-corrected chi connectivity index (χ0v) is 12.2. The molecule has 2 aliphatic rings. The first kappa shape index (κ1) is 13.5. The van der Waals surface area contributed by atoms with E-state index >= 15 is 0 Å². The highest BCUT2D eigenvalue weighted by Crippen LogP contribution is 2.62. The van der Waals surface area contributed by atoms with Crippen LogP contribution in [0.15, 0.2) is 0 Å². The number of hydrogen-bond acceptors (Lipinski definition) is 1. The Morgan fingerprint density at radius 3 is 2.00 bits per heavy atom. The lowest BCUT2D eigenvalue weighted by Gasteiger charge is -2.23. The molecule has 0 amide bonds. The van der Waals surface area contributed by atoms with Crippen LogP contribution in [0.3, 0.4) is 0 Å². The van der Waals surface area contributed by atoms with Gasteiger partial charge in [0.1, 0.15) is 0 Å². The standard InChI is InChI=1S/C12H26N3OP/c1-4-7-8-13-17(16,14-9-11(14)5-2)15-10-12(15)6-3/h11-12H,4-10H2,1-3H3,(H,13,16)/t11-,12+,14?,15?,17?. The Hall–Kier alpha value is 0.110. The molecule has 2 saturated heterocycles. The van der Waals surface area contributed by atoms with Gasteiger partial charge in [0.15, 0.2) is 0 Å². The second kappa shape index (κ2) is 5.40. The van der Waals surface area contributed by atoms with E-state index in [4.69, 9.17) is 0 Å². The summed E-state index contributed by atoms with van der Waals surface area (Å²) in [5.74, 6) is 0. The van der Waals surface area contributed by atoms with Crippen molar-refractivity contribution in [3.63, 3.8) is 0 Å². The Bertz CT molecular complexity index is 288. The molecule has 1 N–H and O–H groups in total. The molecule has 17 heavy (non-hydrogen) atoms. The van der Waals surface area contributed by atoms with Crippen molar-refractivity contribution < 1.29 is 4.57 Å². The molecular weight excluding hydrogens is 233 g/mol. The van der Waals surface area contributed by atoms with Crippen molar-refractivity contribution in [3.8, 4) is 0 Å². The normalized spacial score (nSPS) is 38.8. The molecule has 5 atom stereocenters. The topological polar surface area (TPSA) is 35.1 Å². The van der Waals surface area contributed by atoms with Gasteiger partial charge in [0.2, 0.25) is 0 Å². The van der Waals surface area contributed by atoms with Gasteiger partial charge in [-0.15, -0.1) is 0 Å². The minimum absolute atomic E-state index is 0.549. The average Bonchev–Trinajstić information content (AvgIpc) is 3.20. The Morgan fingerprint density at radius 1 is 1.12 bits per heavy atom. The molecule has 0 bridgehead atoms. The van der Waals surface area contributed by atoms with Gasteiger partial charge >= 0.3 is 0 Å². The summed E-state index contributed by atoms with van der Waals surface area (Å²) in [6, 6.07) is 1.10. The molecule has 0 saturated carbocycles. The van der Waals surface area contributed by atoms with Crippen LogP contribution in [-0.4, -0.2) is 41.1 Å². The highest BCUT2D eigenvalue weighted by Gasteiger charge is 2.56. The fraction of sp³-hybridized carbons (Fsp3) is 1.00. The maximum absolute atomic E-state index is 13.1. The summed E-state index contributed by atoms with van der Waals surface area (Å²) >= 11 is 0. The third-order valence-electron chi connectivity index (χ3n) is 3.86. The summed E-state index contributed by atoms with van der Waals surface area (Å²) in [4.78, 5) is 0. The monoisotopic (exact) mass is 259 g/mol. The van der Waals surface area contributed by atoms with Gasteiger partial charge in [0, 0.05) is 31.7 Å². The number of nitrogens with zero attached hydrogens (tertiary/aromatic N) is 2. The van der Waals surface area contributed by atoms with Gasteiger partial charge in [-0.3, -0.25) is 4.57 Å². The molecule has 0 aromatic rings. The van der Waals surface area contributed by atoms with Gasteiger partial charge in [0.25, 0.3) is 7.59 Å². The highest BCUT2D eigenvalue weighted by molar-refractivity contribution is 7.57. The molecule has 0 aliphatic carbocycles. The van der Waals surface area contributed by atoms with Gasteiger partial charge in [-0.05, 0) is 19.3 Å². The highest BCUT2D eigenvalue weighted by atomic mass is 31.2. The predicted octanol–water partition coefficient (Wildman–Crippen LogP) is 2.67. The van der Waals surface area contributed by atoms with Crippen molar-refractivity contribution in [3.05, 3.63) is 0 Å². The molecule has 3 unspecified atom stereocenters. The third kappa shape index (κ3) is 2.76. The summed E-state index contributed by atoms with van der Waals surface area (Å²) in [5, 5.41) is 3.36. The van der Waals surface area contributed by atoms with Crippen molar-refractivity contribution in [2.75, 3.05) is 19.6 Å². The second-order valence-electron chi connectivity index (χ2n) is 5.17. The van der Waals surface area contributed by atoms with E-state index in [0.29, 0.717) is 12.1 Å². The summed E-state index contributed by atoms with van der Waals surface area (Å²) in [7, 11) is -2.40. The van der Waals surface area contributed by atoms with E-state index in [1.165, 1.54) is 0 Å². The van der Waals surface area contributed by atoms with Crippen LogP contribution in [0, 0.1) is 0 Å². The number of unbranched alkanes of at least 4 members (excludes halogenated alkanes) is 1. The molecule has 5 heteroatoms. The summed E-state index contributed by atoms with van der Waals surface area (Å²) in [6.07, 6.45) is 4.49. The van der Waals surface area contributed by atoms with E-state index in [1.807, 2.05) is 0 Å². The molecule has 2 fully saturated rings. The van der Waals surface area contributed by atoms with Gasteiger partial charge in [-0.1, -0.05) is 27.2 Å². The minimum Gasteiger partial charge on any atom is -0.270 e. The van der Waals surface area contributed by atoms with Gasteiger partial charge in [0.05, 0.1) is 0 Å². The molecule has 2 rings (SSSR count). The lowest BCUT2D eigenvalue weighted by molar-refractivity contribution is 0.480. The minimum atomic E-state index is -2.40. The fourth-order valence-electron chi connectivity index (χ4n) is 2.41. The molecule has 100 valence electrons. The van der Waals surface area contributed by atoms with Crippen molar-refractivity contribution in [2.24, 2.45) is 0 Å². The van der Waals surface area contributed by atoms with Crippen molar-refractivity contribution in [1.29, 1.82) is 0 Å². The quantitative estimate of drug-likeness (QED) is 0.413. The molecular formula is C12H26N3OP. The second-order valence-corrected chi connectivity index (χ2v) is 7.61. The van der Waals surface area contributed by atoms with E-state index in [0.717, 1.165) is 45.3 Å². The Kier molecular flexibility index (Phi) is 4.30. The van der Waals surface area contributed by atoms with E-state index in [2.05, 4.69) is 35.2 Å². The maximum atomic E-state index is 13.1. The SMILES string of the molecule is CCCCNP(=O)(N1C[C@H]1CC)N1C[C@@H]1CC. The largest absolute Gasteiger partial charge is 0.284 e. The smallest absolute Gasteiger partial charge is 0.270 e. The first-order valence-electron chi connectivity index (χ1n) is 7.06. The van der Waals surface area contributed by atoms with Crippen LogP contribution in [0.4, 0.5) is 0 Å². The summed E-state index contributed by atoms with van der Waals surface area (Å²) < 4.78 is 17.5. The first-order valence-corrected chi connectivity index (χ1v) is 8.68. The number of hydrogen-bond donors (Lipinski definition) is 1. The average molecular weight is 259 g/mol. The van der Waals surface area contributed by atoms with E-state index < -0.39 is 7.59 Å². The first-order chi connectivity index (χ1) is 8.17. The number of rotatable bonds is 8. The van der Waals surface area contributed by atoms with Gasteiger partial charge < -0.3 is 0 Å². The van der Waals surface area contributed by atoms with Crippen LogP contribution in [-0.2, 0) is 4.57 Å². The summed E-state index contributed by atoms with van der Waals surface area (Å²) in [6.45, 7) is 9.44. The van der Waals surface area contributed by atoms with Crippen LogP contribution < -0.4 is 5.09 Å². The summed E-state index contributed by atoms with van der Waals surface area (Å²) in [5.41, 5.74) is 0. The third-order valence-corrected chi connectivity index (χ3v) is 6.87. The van der Waals surface area contributed by atoms with Crippen molar-refractivity contribution in [1.82, 2.24) is 14.4 Å². The van der Waals surface area contributed by atoms with Crippen LogP contribution in [0.1, 0.15) is 46.5 Å². The van der Waals surface area contributed by atoms with Crippen LogP contribution in [0.2, 0.25) is 0 Å². The molecule has 2 heterocycles. The Morgan fingerprint density at radius 2 is 1.65 bits per heavy atom. The molecule has 0 radical (unpaired) electrons. The van der Waals surface area contributed by atoms with Crippen molar-refractivity contribution in [2.45, 2.75) is 58.5 Å². The van der Waals surface area contributed by atoms with Crippen LogP contribution >= 0.6 is 7.59 Å². The molecule has 0 spiro atoms. The molecule has 4 nitrogen and oxygen atoms in total. The van der Waals surface area contributed by atoms with Gasteiger partial charge in [-0.25, -0.2) is 14.4 Å². The maximum Gasteiger partial charge on any atom is 0.284 e. The van der Waals surface area contributed by atoms with Crippen LogP contribution in [0.5, 0.6) is 0 Å². The Labute approximate surface area is 105 Å². The Balaban J connectivity index is 1.95. The van der Waals surface area contributed by atoms with Crippen LogP contribution in [0.25, 0.3) is 0 Å². The molecule has 0 aromatic heterocycles. The van der Waals surface area contributed by atoms with Gasteiger partial charge in [-0.2, -0.15) is 0 Å². The van der Waals surface area contributed by atoms with Crippen molar-refractivity contribution >= 4 is 7.59 Å². The van der Waals surface area contributed by atoms with E-state index in [-0.39, 0.29) is 0 Å². The lowest BCUT2D eigenvalue weighted by Crippen LogP contribution is -2.24. The lowest BCUT2D eigenvalue weighted by atomic mass is 10.3. The zero-order valence-electron chi connectivity index (χ0n) is 11.4. The molecule has 2 aliphatic heterocycles.